The summed E-state index contributed by atoms with van der Waals surface area (Å²) in [6.07, 6.45) is 0.897. The lowest BCUT2D eigenvalue weighted by Crippen LogP contribution is -2.38. The van der Waals surface area contributed by atoms with Crippen LogP contribution in [0.4, 0.5) is 8.78 Å². The van der Waals surface area contributed by atoms with E-state index < -0.39 is 0 Å². The molecule has 0 radical (unpaired) electrons. The minimum absolute atomic E-state index is 0.0345. The second-order valence-corrected chi connectivity index (χ2v) is 6.34. The standard InChI is InChI=1S/C20H20F2N2O2/c21-17-6-2-15(3-7-17)14-19(25)23-10-1-11-24(13-12-23)20(26)16-4-8-18(22)9-5-16/h2-9H,1,10-14H2. The molecule has 0 atom stereocenters. The van der Waals surface area contributed by atoms with E-state index >= 15 is 0 Å². The number of halogens is 2. The molecule has 2 aromatic carbocycles. The molecule has 1 saturated heterocycles. The van der Waals surface area contributed by atoms with Gasteiger partial charge in [0.05, 0.1) is 6.42 Å². The summed E-state index contributed by atoms with van der Waals surface area (Å²) >= 11 is 0. The summed E-state index contributed by atoms with van der Waals surface area (Å²) in [6.45, 7) is 2.02. The Morgan fingerprint density at radius 1 is 0.769 bits per heavy atom. The molecule has 0 unspecified atom stereocenters. The van der Waals surface area contributed by atoms with Crippen LogP contribution in [0.5, 0.6) is 0 Å². The van der Waals surface area contributed by atoms with Gasteiger partial charge in [-0.3, -0.25) is 9.59 Å². The van der Waals surface area contributed by atoms with E-state index in [1.165, 1.54) is 36.4 Å². The van der Waals surface area contributed by atoms with Gasteiger partial charge in [0.2, 0.25) is 5.91 Å². The van der Waals surface area contributed by atoms with Crippen molar-refractivity contribution in [2.24, 2.45) is 0 Å². The Kier molecular flexibility index (Phi) is 5.61. The Morgan fingerprint density at radius 2 is 1.31 bits per heavy atom. The normalized spacial score (nSPS) is 14.8. The van der Waals surface area contributed by atoms with Crippen molar-refractivity contribution in [2.75, 3.05) is 26.2 Å². The molecule has 0 aromatic heterocycles. The minimum atomic E-state index is -0.380. The number of hydrogen-bond acceptors (Lipinski definition) is 2. The third-order valence-corrected chi connectivity index (χ3v) is 4.50. The van der Waals surface area contributed by atoms with Gasteiger partial charge in [0.1, 0.15) is 11.6 Å². The van der Waals surface area contributed by atoms with Crippen LogP contribution in [0.3, 0.4) is 0 Å². The molecule has 1 aliphatic rings. The van der Waals surface area contributed by atoms with E-state index in [0.29, 0.717) is 38.2 Å². The highest BCUT2D eigenvalue weighted by Gasteiger charge is 2.22. The van der Waals surface area contributed by atoms with Crippen molar-refractivity contribution >= 4 is 11.8 Å². The smallest absolute Gasteiger partial charge is 0.253 e. The highest BCUT2D eigenvalue weighted by Crippen LogP contribution is 2.12. The Hall–Kier alpha value is -2.76. The molecule has 0 aliphatic carbocycles. The lowest BCUT2D eigenvalue weighted by molar-refractivity contribution is -0.130. The number of hydrogen-bond donors (Lipinski definition) is 0. The van der Waals surface area contributed by atoms with E-state index in [4.69, 9.17) is 0 Å². The second-order valence-electron chi connectivity index (χ2n) is 6.34. The van der Waals surface area contributed by atoms with Gasteiger partial charge in [-0.1, -0.05) is 12.1 Å². The maximum atomic E-state index is 13.0. The first-order valence-corrected chi connectivity index (χ1v) is 8.60. The van der Waals surface area contributed by atoms with Gasteiger partial charge < -0.3 is 9.80 Å². The molecule has 0 N–H and O–H groups in total. The maximum absolute atomic E-state index is 13.0. The summed E-state index contributed by atoms with van der Waals surface area (Å²) in [7, 11) is 0. The summed E-state index contributed by atoms with van der Waals surface area (Å²) in [5, 5.41) is 0. The summed E-state index contributed by atoms with van der Waals surface area (Å²) in [5.74, 6) is -0.897. The Bertz CT molecular complexity index is 775. The molecule has 0 spiro atoms. The zero-order valence-corrected chi connectivity index (χ0v) is 14.3. The monoisotopic (exact) mass is 358 g/mol. The van der Waals surface area contributed by atoms with E-state index in [1.807, 2.05) is 0 Å². The predicted molar refractivity (Wildman–Crippen MR) is 93.6 cm³/mol. The SMILES string of the molecule is O=C(Cc1ccc(F)cc1)N1CCCN(C(=O)c2ccc(F)cc2)CC1. The van der Waals surface area contributed by atoms with Crippen molar-refractivity contribution in [3.05, 3.63) is 71.3 Å². The van der Waals surface area contributed by atoms with Crippen molar-refractivity contribution in [3.63, 3.8) is 0 Å². The van der Waals surface area contributed by atoms with Gasteiger partial charge in [0.15, 0.2) is 0 Å². The molecule has 4 nitrogen and oxygen atoms in total. The number of carbonyl (C=O) groups excluding carboxylic acids is 2. The third-order valence-electron chi connectivity index (χ3n) is 4.50. The molecule has 2 amide bonds. The van der Waals surface area contributed by atoms with Crippen molar-refractivity contribution in [1.82, 2.24) is 9.80 Å². The van der Waals surface area contributed by atoms with Gasteiger partial charge in [-0.15, -0.1) is 0 Å². The summed E-state index contributed by atoms with van der Waals surface area (Å²) in [4.78, 5) is 28.4. The Morgan fingerprint density at radius 3 is 1.96 bits per heavy atom. The third kappa shape index (κ3) is 4.45. The van der Waals surface area contributed by atoms with Gasteiger partial charge in [-0.05, 0) is 48.4 Å². The fraction of sp³-hybridized carbons (Fsp3) is 0.300. The predicted octanol–water partition coefficient (Wildman–Crippen LogP) is 2.88. The first-order chi connectivity index (χ1) is 12.5. The topological polar surface area (TPSA) is 40.6 Å². The maximum Gasteiger partial charge on any atom is 0.253 e. The fourth-order valence-electron chi connectivity index (χ4n) is 3.03. The molecule has 1 aliphatic heterocycles. The molecular formula is C20H20F2N2O2. The quantitative estimate of drug-likeness (QED) is 0.847. The lowest BCUT2D eigenvalue weighted by atomic mass is 10.1. The lowest BCUT2D eigenvalue weighted by Gasteiger charge is -2.22. The largest absolute Gasteiger partial charge is 0.341 e. The zero-order chi connectivity index (χ0) is 18.5. The van der Waals surface area contributed by atoms with Crippen molar-refractivity contribution in [3.8, 4) is 0 Å². The van der Waals surface area contributed by atoms with Crippen LogP contribution in [0.25, 0.3) is 0 Å². The average molecular weight is 358 g/mol. The van der Waals surface area contributed by atoms with Crippen LogP contribution in [-0.2, 0) is 11.2 Å². The zero-order valence-electron chi connectivity index (χ0n) is 14.3. The van der Waals surface area contributed by atoms with Gasteiger partial charge >= 0.3 is 0 Å². The van der Waals surface area contributed by atoms with E-state index in [9.17, 15) is 18.4 Å². The van der Waals surface area contributed by atoms with Crippen LogP contribution in [0.1, 0.15) is 22.3 Å². The van der Waals surface area contributed by atoms with Gasteiger partial charge in [0, 0.05) is 31.7 Å². The fourth-order valence-corrected chi connectivity index (χ4v) is 3.03. The Balaban J connectivity index is 1.58. The van der Waals surface area contributed by atoms with E-state index in [1.54, 1.807) is 21.9 Å². The van der Waals surface area contributed by atoms with Crippen LogP contribution in [0, 0.1) is 11.6 Å². The minimum Gasteiger partial charge on any atom is -0.341 e. The summed E-state index contributed by atoms with van der Waals surface area (Å²) in [6, 6.07) is 11.4. The highest BCUT2D eigenvalue weighted by molar-refractivity contribution is 5.94. The van der Waals surface area contributed by atoms with Crippen LogP contribution in [-0.4, -0.2) is 47.8 Å². The number of benzene rings is 2. The average Bonchev–Trinajstić information content (AvgIpc) is 2.90. The summed E-state index contributed by atoms with van der Waals surface area (Å²) in [5.41, 5.74) is 1.21. The molecule has 0 saturated carbocycles. The van der Waals surface area contributed by atoms with Gasteiger partial charge in [0.25, 0.3) is 5.91 Å². The number of carbonyl (C=O) groups is 2. The first kappa shape index (κ1) is 18.0. The van der Waals surface area contributed by atoms with Crippen LogP contribution in [0.15, 0.2) is 48.5 Å². The molecule has 3 rings (SSSR count). The van der Waals surface area contributed by atoms with E-state index in [0.717, 1.165) is 5.56 Å². The number of rotatable bonds is 3. The number of nitrogens with zero attached hydrogens (tertiary/aromatic N) is 2. The second kappa shape index (κ2) is 8.08. The van der Waals surface area contributed by atoms with Gasteiger partial charge in [-0.25, -0.2) is 8.78 Å². The van der Waals surface area contributed by atoms with Crippen LogP contribution in [0.2, 0.25) is 0 Å². The Labute approximate surface area is 151 Å². The van der Waals surface area contributed by atoms with Crippen molar-refractivity contribution in [2.45, 2.75) is 12.8 Å². The van der Waals surface area contributed by atoms with Crippen LogP contribution < -0.4 is 0 Å². The van der Waals surface area contributed by atoms with E-state index in [-0.39, 0.29) is 29.9 Å². The molecular weight excluding hydrogens is 338 g/mol. The molecule has 136 valence electrons. The molecule has 1 heterocycles. The first-order valence-electron chi connectivity index (χ1n) is 8.60. The summed E-state index contributed by atoms with van der Waals surface area (Å²) < 4.78 is 26.0. The highest BCUT2D eigenvalue weighted by atomic mass is 19.1. The number of amides is 2. The molecule has 1 fully saturated rings. The van der Waals surface area contributed by atoms with Crippen LogP contribution >= 0.6 is 0 Å². The molecule has 2 aromatic rings. The van der Waals surface area contributed by atoms with Crippen molar-refractivity contribution in [1.29, 1.82) is 0 Å². The van der Waals surface area contributed by atoms with E-state index in [2.05, 4.69) is 0 Å². The molecule has 0 bridgehead atoms. The van der Waals surface area contributed by atoms with Gasteiger partial charge in [-0.2, -0.15) is 0 Å². The van der Waals surface area contributed by atoms with Crippen molar-refractivity contribution < 1.29 is 18.4 Å². The molecule has 6 heteroatoms. The molecule has 26 heavy (non-hydrogen) atoms.